The van der Waals surface area contributed by atoms with E-state index in [0.29, 0.717) is 29.8 Å². The first-order valence-corrected chi connectivity index (χ1v) is 5.86. The Bertz CT molecular complexity index is 488. The Morgan fingerprint density at radius 3 is 2.94 bits per heavy atom. The van der Waals surface area contributed by atoms with Gasteiger partial charge in [-0.1, -0.05) is 0 Å². The van der Waals surface area contributed by atoms with Crippen LogP contribution in [-0.2, 0) is 11.2 Å². The van der Waals surface area contributed by atoms with Crippen LogP contribution in [0.15, 0.2) is 12.1 Å². The van der Waals surface area contributed by atoms with E-state index in [9.17, 15) is 14.0 Å². The monoisotopic (exact) mass is 255 g/mol. The van der Waals surface area contributed by atoms with Gasteiger partial charge in [0.15, 0.2) is 5.78 Å². The van der Waals surface area contributed by atoms with E-state index in [1.165, 1.54) is 6.07 Å². The molecule has 0 fully saturated rings. The smallest absolute Gasteiger partial charge is 0.228 e. The van der Waals surface area contributed by atoms with E-state index in [-0.39, 0.29) is 23.8 Å². The summed E-state index contributed by atoms with van der Waals surface area (Å²) < 4.78 is 13.6. The van der Waals surface area contributed by atoms with Gasteiger partial charge >= 0.3 is 0 Å². The van der Waals surface area contributed by atoms with Crippen LogP contribution >= 0.6 is 11.6 Å². The predicted octanol–water partition coefficient (Wildman–Crippen LogP) is 2.52. The lowest BCUT2D eigenvalue weighted by atomic mass is 10.0. The Hall–Kier alpha value is -1.42. The molecule has 5 heteroatoms. The van der Waals surface area contributed by atoms with E-state index >= 15 is 0 Å². The van der Waals surface area contributed by atoms with E-state index in [4.69, 9.17) is 11.6 Å². The number of hydrogen-bond acceptors (Lipinski definition) is 2. The number of fused-ring (bicyclic) bond motifs is 1. The third kappa shape index (κ3) is 2.47. The molecular formula is C12H11ClFNO2. The second kappa shape index (κ2) is 4.84. The summed E-state index contributed by atoms with van der Waals surface area (Å²) in [7, 11) is 0. The Balaban J connectivity index is 2.27. The summed E-state index contributed by atoms with van der Waals surface area (Å²) in [5, 5.41) is 2.43. The maximum absolute atomic E-state index is 13.6. The average molecular weight is 256 g/mol. The maximum atomic E-state index is 13.6. The van der Waals surface area contributed by atoms with E-state index in [1.54, 1.807) is 6.07 Å². The molecule has 0 bridgehead atoms. The van der Waals surface area contributed by atoms with Crippen LogP contribution in [0.5, 0.6) is 0 Å². The first kappa shape index (κ1) is 12.0. The Morgan fingerprint density at radius 1 is 1.47 bits per heavy atom. The summed E-state index contributed by atoms with van der Waals surface area (Å²) in [6.45, 7) is 0. The number of carbonyl (C=O) groups excluding carboxylic acids is 2. The molecule has 0 aliphatic carbocycles. The van der Waals surface area contributed by atoms with Crippen LogP contribution in [0.25, 0.3) is 0 Å². The number of Topliss-reactive ketones (excluding diaryl/α,β-unsaturated/α-hetero) is 1. The number of rotatable bonds is 4. The van der Waals surface area contributed by atoms with Crippen LogP contribution in [-0.4, -0.2) is 17.6 Å². The summed E-state index contributed by atoms with van der Waals surface area (Å²) in [4.78, 5) is 22.8. The van der Waals surface area contributed by atoms with Gasteiger partial charge in [0.2, 0.25) is 5.91 Å². The zero-order chi connectivity index (χ0) is 12.4. The Morgan fingerprint density at radius 2 is 2.24 bits per heavy atom. The van der Waals surface area contributed by atoms with Gasteiger partial charge in [0.05, 0.1) is 12.1 Å². The minimum atomic E-state index is -0.553. The summed E-state index contributed by atoms with van der Waals surface area (Å²) in [6.07, 6.45) is 0.988. The highest BCUT2D eigenvalue weighted by Crippen LogP contribution is 2.28. The van der Waals surface area contributed by atoms with Crippen LogP contribution < -0.4 is 5.32 Å². The van der Waals surface area contributed by atoms with Crippen LogP contribution in [0, 0.1) is 5.82 Å². The molecule has 0 spiro atoms. The molecule has 1 N–H and O–H groups in total. The number of alkyl halides is 1. The molecule has 0 saturated heterocycles. The number of anilines is 1. The van der Waals surface area contributed by atoms with Gasteiger partial charge in [-0.3, -0.25) is 9.59 Å². The number of amides is 1. The number of halogens is 2. The standard InChI is InChI=1S/C12H11ClFNO2/c13-3-1-2-10(16)7-4-8-6-11(17)15-12(8)9(14)5-7/h4-5H,1-3,6H2,(H,15,17). The van der Waals surface area contributed by atoms with Crippen LogP contribution in [0.1, 0.15) is 28.8 Å². The molecule has 17 heavy (non-hydrogen) atoms. The molecule has 1 aromatic carbocycles. The number of nitrogens with one attached hydrogen (secondary N) is 1. The van der Waals surface area contributed by atoms with Gasteiger partial charge in [-0.05, 0) is 24.1 Å². The third-order valence-electron chi connectivity index (χ3n) is 2.65. The number of benzene rings is 1. The fraction of sp³-hybridized carbons (Fsp3) is 0.333. The molecule has 2 rings (SSSR count). The molecule has 90 valence electrons. The SMILES string of the molecule is O=C1Cc2cc(C(=O)CCCCl)cc(F)c2N1. The summed E-state index contributed by atoms with van der Waals surface area (Å²) >= 11 is 5.50. The fourth-order valence-electron chi connectivity index (χ4n) is 1.83. The number of ketones is 1. The van der Waals surface area contributed by atoms with Crippen molar-refractivity contribution in [3.63, 3.8) is 0 Å². The van der Waals surface area contributed by atoms with Gasteiger partial charge in [-0.25, -0.2) is 4.39 Å². The first-order valence-electron chi connectivity index (χ1n) is 5.33. The van der Waals surface area contributed by atoms with Crippen molar-refractivity contribution in [2.24, 2.45) is 0 Å². The highest BCUT2D eigenvalue weighted by Gasteiger charge is 2.23. The molecule has 1 aromatic rings. The van der Waals surface area contributed by atoms with Crippen molar-refractivity contribution in [2.45, 2.75) is 19.3 Å². The van der Waals surface area contributed by atoms with Gasteiger partial charge in [-0.2, -0.15) is 0 Å². The second-order valence-electron chi connectivity index (χ2n) is 3.93. The highest BCUT2D eigenvalue weighted by atomic mass is 35.5. The molecule has 0 aromatic heterocycles. The quantitative estimate of drug-likeness (QED) is 0.664. The van der Waals surface area contributed by atoms with Gasteiger partial charge in [0, 0.05) is 17.9 Å². The van der Waals surface area contributed by atoms with Gasteiger partial charge < -0.3 is 5.32 Å². The normalized spacial score (nSPS) is 13.4. The summed E-state index contributed by atoms with van der Waals surface area (Å²) in [5.74, 6) is -0.544. The molecule has 1 aliphatic heterocycles. The number of carbonyl (C=O) groups is 2. The lowest BCUT2D eigenvalue weighted by Gasteiger charge is -2.04. The molecule has 0 radical (unpaired) electrons. The highest BCUT2D eigenvalue weighted by molar-refractivity contribution is 6.18. The zero-order valence-corrected chi connectivity index (χ0v) is 9.81. The second-order valence-corrected chi connectivity index (χ2v) is 4.31. The molecule has 3 nitrogen and oxygen atoms in total. The fourth-order valence-corrected chi connectivity index (χ4v) is 1.97. The van der Waals surface area contributed by atoms with Gasteiger partial charge in [-0.15, -0.1) is 11.6 Å². The van der Waals surface area contributed by atoms with E-state index in [0.717, 1.165) is 0 Å². The van der Waals surface area contributed by atoms with Gasteiger partial charge in [0.25, 0.3) is 0 Å². The van der Waals surface area contributed by atoms with E-state index in [2.05, 4.69) is 5.32 Å². The van der Waals surface area contributed by atoms with Crippen molar-refractivity contribution in [3.8, 4) is 0 Å². The van der Waals surface area contributed by atoms with Crippen molar-refractivity contribution >= 4 is 29.0 Å². The van der Waals surface area contributed by atoms with E-state index < -0.39 is 5.82 Å². The van der Waals surface area contributed by atoms with Crippen molar-refractivity contribution in [2.75, 3.05) is 11.2 Å². The van der Waals surface area contributed by atoms with Crippen molar-refractivity contribution in [3.05, 3.63) is 29.1 Å². The Kier molecular flexibility index (Phi) is 3.43. The van der Waals surface area contributed by atoms with E-state index in [1.807, 2.05) is 0 Å². The maximum Gasteiger partial charge on any atom is 0.228 e. The molecule has 1 aliphatic rings. The zero-order valence-electron chi connectivity index (χ0n) is 9.06. The van der Waals surface area contributed by atoms with Gasteiger partial charge in [0.1, 0.15) is 5.82 Å². The van der Waals surface area contributed by atoms with Crippen molar-refractivity contribution < 1.29 is 14.0 Å². The molecule has 0 saturated carbocycles. The molecular weight excluding hydrogens is 245 g/mol. The topological polar surface area (TPSA) is 46.2 Å². The summed E-state index contributed by atoms with van der Waals surface area (Å²) in [6, 6.07) is 2.74. The molecule has 0 atom stereocenters. The Labute approximate surface area is 103 Å². The van der Waals surface area contributed by atoms with Crippen LogP contribution in [0.2, 0.25) is 0 Å². The lowest BCUT2D eigenvalue weighted by Crippen LogP contribution is -2.04. The largest absolute Gasteiger partial charge is 0.323 e. The van der Waals surface area contributed by atoms with Crippen molar-refractivity contribution in [1.29, 1.82) is 0 Å². The number of hydrogen-bond donors (Lipinski definition) is 1. The first-order chi connectivity index (χ1) is 8.11. The predicted molar refractivity (Wildman–Crippen MR) is 63.0 cm³/mol. The van der Waals surface area contributed by atoms with Crippen LogP contribution in [0.3, 0.4) is 0 Å². The minimum Gasteiger partial charge on any atom is -0.323 e. The van der Waals surface area contributed by atoms with Crippen molar-refractivity contribution in [1.82, 2.24) is 0 Å². The third-order valence-corrected chi connectivity index (χ3v) is 2.91. The molecule has 1 amide bonds. The van der Waals surface area contributed by atoms with Crippen LogP contribution in [0.4, 0.5) is 10.1 Å². The summed E-state index contributed by atoms with van der Waals surface area (Å²) in [5.41, 5.74) is 1.05. The molecule has 0 unspecified atom stereocenters. The lowest BCUT2D eigenvalue weighted by molar-refractivity contribution is -0.115. The minimum absolute atomic E-state index is 0.128. The molecule has 1 heterocycles. The average Bonchev–Trinajstić information content (AvgIpc) is 2.67.